The van der Waals surface area contributed by atoms with E-state index in [1.165, 1.54) is 74.6 Å². The molecular formula is C51H47N3O4S. The summed E-state index contributed by atoms with van der Waals surface area (Å²) >= 11 is 1.57. The summed E-state index contributed by atoms with van der Waals surface area (Å²) < 4.78 is 0. The summed E-state index contributed by atoms with van der Waals surface area (Å²) in [6.45, 7) is 6.37. The maximum Gasteiger partial charge on any atom is 0.335 e. The number of nitrogens with zero attached hydrogens (tertiary/aromatic N) is 1. The van der Waals surface area contributed by atoms with E-state index in [0.717, 1.165) is 66.9 Å². The summed E-state index contributed by atoms with van der Waals surface area (Å²) in [7, 11) is 0. The fourth-order valence-corrected chi connectivity index (χ4v) is 11.3. The van der Waals surface area contributed by atoms with E-state index in [2.05, 4.69) is 108 Å². The number of aromatic carboxylic acids is 1. The van der Waals surface area contributed by atoms with Crippen molar-refractivity contribution < 1.29 is 19.5 Å². The molecule has 0 amide bonds. The van der Waals surface area contributed by atoms with E-state index in [9.17, 15) is 19.5 Å². The molecule has 10 rings (SSSR count). The van der Waals surface area contributed by atoms with Crippen LogP contribution in [0.15, 0.2) is 109 Å². The molecule has 0 bridgehead atoms. The zero-order valence-electron chi connectivity index (χ0n) is 33.4. The smallest absolute Gasteiger partial charge is 0.335 e. The monoisotopic (exact) mass is 797 g/mol. The number of carboxylic acids is 1. The number of anilines is 2. The Bertz CT molecular complexity index is 2740. The lowest BCUT2D eigenvalue weighted by molar-refractivity contribution is 0.0696. The second-order valence-electron chi connectivity index (χ2n) is 16.5. The SMILES string of the molecule is CCCCNC1(NCCCC)c2ccccc2-c2cc(N3c4c(cc(-c5ccc(/C=C6\C(=O)c7ccc(C(=O)O)cc7C6=O)s5)c5ccccc45)C4CCCC43)ccc21. The molecule has 2 unspecified atom stereocenters. The van der Waals surface area contributed by atoms with Gasteiger partial charge < -0.3 is 10.0 Å². The van der Waals surface area contributed by atoms with E-state index >= 15 is 0 Å². The molecule has 3 aliphatic carbocycles. The average Bonchev–Trinajstić information content (AvgIpc) is 4.08. The summed E-state index contributed by atoms with van der Waals surface area (Å²) in [5, 5.41) is 19.9. The highest BCUT2D eigenvalue weighted by molar-refractivity contribution is 7.16. The molecule has 4 aliphatic rings. The molecule has 1 aliphatic heterocycles. The van der Waals surface area contributed by atoms with Crippen molar-refractivity contribution in [2.24, 2.45) is 0 Å². The predicted octanol–water partition coefficient (Wildman–Crippen LogP) is 11.5. The number of hydrogen-bond acceptors (Lipinski definition) is 7. The summed E-state index contributed by atoms with van der Waals surface area (Å²) in [6, 6.07) is 35.8. The standard InChI is InChI=1S/C51H47N3O4S/c1-3-5-24-52-51(53-25-6-4-2)43-16-10-9-13-34(43)38-27-31(19-22-44(38)51)54-45-17-11-15-35(45)40-29-39(33-12-7-8-14-36(33)47(40)54)46-23-20-32(59-46)28-42-48(55)37-21-18-30(50(57)58)26-41(37)49(42)56/h7-10,12-14,16,18-23,26-29,35,45,52-53H,3-6,11,15,17,24-25H2,1-2H3,(H,57,58)/b42-28+. The van der Waals surface area contributed by atoms with Crippen molar-refractivity contribution in [1.29, 1.82) is 0 Å². The van der Waals surface area contributed by atoms with Gasteiger partial charge in [0.25, 0.3) is 0 Å². The molecule has 5 aromatic carbocycles. The summed E-state index contributed by atoms with van der Waals surface area (Å²) in [6.07, 6.45) is 9.63. The molecule has 0 radical (unpaired) electrons. The Hall–Kier alpha value is -5.67. The highest BCUT2D eigenvalue weighted by atomic mass is 32.1. The molecule has 1 fully saturated rings. The Kier molecular flexibility index (Phi) is 9.47. The first-order valence-electron chi connectivity index (χ1n) is 21.2. The van der Waals surface area contributed by atoms with Crippen molar-refractivity contribution in [1.82, 2.24) is 10.6 Å². The summed E-state index contributed by atoms with van der Waals surface area (Å²) in [5.74, 6) is -1.52. The normalized spacial score (nSPS) is 19.0. The number of thiophene rings is 1. The largest absolute Gasteiger partial charge is 0.478 e. The maximum absolute atomic E-state index is 13.4. The Morgan fingerprint density at radius 3 is 2.27 bits per heavy atom. The average molecular weight is 798 g/mol. The second kappa shape index (κ2) is 14.9. The van der Waals surface area contributed by atoms with Crippen LogP contribution in [0.25, 0.3) is 38.4 Å². The van der Waals surface area contributed by atoms with Gasteiger partial charge in [-0.05, 0) is 132 Å². The summed E-state index contributed by atoms with van der Waals surface area (Å²) in [4.78, 5) is 42.8. The topological polar surface area (TPSA) is 98.7 Å². The Labute approximate surface area is 348 Å². The molecule has 1 aromatic heterocycles. The van der Waals surface area contributed by atoms with Gasteiger partial charge >= 0.3 is 5.97 Å². The van der Waals surface area contributed by atoms with Crippen LogP contribution in [0.3, 0.4) is 0 Å². The van der Waals surface area contributed by atoms with Crippen molar-refractivity contribution >= 4 is 57.1 Å². The number of rotatable bonds is 12. The molecule has 0 saturated heterocycles. The molecular weight excluding hydrogens is 751 g/mol. The van der Waals surface area contributed by atoms with E-state index in [-0.39, 0.29) is 28.0 Å². The quantitative estimate of drug-likeness (QED) is 0.0491. The fourth-order valence-electron chi connectivity index (χ4n) is 10.3. The van der Waals surface area contributed by atoms with Crippen LogP contribution in [0.2, 0.25) is 0 Å². The third-order valence-corrected chi connectivity index (χ3v) is 14.1. The number of carbonyl (C=O) groups is 3. The highest BCUT2D eigenvalue weighted by Gasteiger charge is 2.46. The van der Waals surface area contributed by atoms with Crippen molar-refractivity contribution in [3.05, 3.63) is 147 Å². The van der Waals surface area contributed by atoms with Crippen LogP contribution in [-0.2, 0) is 5.66 Å². The predicted molar refractivity (Wildman–Crippen MR) is 238 cm³/mol. The number of carboxylic acid groups (broad SMARTS) is 1. The van der Waals surface area contributed by atoms with Crippen LogP contribution in [0.4, 0.5) is 11.4 Å². The number of nitrogens with one attached hydrogen (secondary N) is 2. The van der Waals surface area contributed by atoms with Crippen molar-refractivity contribution in [3.8, 4) is 21.6 Å². The van der Waals surface area contributed by atoms with Crippen LogP contribution in [0, 0.1) is 0 Å². The number of hydrogen-bond donors (Lipinski definition) is 3. The minimum Gasteiger partial charge on any atom is -0.478 e. The van der Waals surface area contributed by atoms with Crippen LogP contribution in [-0.4, -0.2) is 41.8 Å². The number of Topliss-reactive ketones (excluding diaryl/α,β-unsaturated/α-hetero) is 2. The highest BCUT2D eigenvalue weighted by Crippen LogP contribution is 2.57. The number of allylic oxidation sites excluding steroid dienone is 1. The van der Waals surface area contributed by atoms with Gasteiger partial charge in [0.1, 0.15) is 5.66 Å². The molecule has 296 valence electrons. The van der Waals surface area contributed by atoms with Crippen LogP contribution >= 0.6 is 11.3 Å². The van der Waals surface area contributed by atoms with E-state index in [0.29, 0.717) is 12.0 Å². The fraction of sp³-hybridized carbons (Fsp3) is 0.275. The Balaban J connectivity index is 1.05. The van der Waals surface area contributed by atoms with E-state index < -0.39 is 17.4 Å². The molecule has 6 aromatic rings. The van der Waals surface area contributed by atoms with Crippen LogP contribution in [0.5, 0.6) is 0 Å². The van der Waals surface area contributed by atoms with Gasteiger partial charge in [0.05, 0.1) is 16.8 Å². The molecule has 0 spiro atoms. The first-order chi connectivity index (χ1) is 28.8. The molecule has 2 atom stereocenters. The number of carbonyl (C=O) groups excluding carboxylic acids is 2. The van der Waals surface area contributed by atoms with Crippen LogP contribution < -0.4 is 15.5 Å². The minimum atomic E-state index is -1.13. The maximum atomic E-state index is 13.4. The van der Waals surface area contributed by atoms with Crippen molar-refractivity contribution in [2.45, 2.75) is 76.4 Å². The van der Waals surface area contributed by atoms with Crippen molar-refractivity contribution in [3.63, 3.8) is 0 Å². The molecule has 3 N–H and O–H groups in total. The van der Waals surface area contributed by atoms with Gasteiger partial charge in [-0.25, -0.2) is 4.79 Å². The van der Waals surface area contributed by atoms with Gasteiger partial charge in [0, 0.05) is 43.9 Å². The molecule has 59 heavy (non-hydrogen) atoms. The van der Waals surface area contributed by atoms with E-state index in [1.807, 2.05) is 6.07 Å². The summed E-state index contributed by atoms with van der Waals surface area (Å²) in [5.41, 5.74) is 10.3. The lowest BCUT2D eigenvalue weighted by Crippen LogP contribution is -2.54. The van der Waals surface area contributed by atoms with E-state index in [4.69, 9.17) is 0 Å². The third kappa shape index (κ3) is 5.94. The van der Waals surface area contributed by atoms with Gasteiger partial charge in [-0.15, -0.1) is 11.3 Å². The Morgan fingerprint density at radius 1 is 0.763 bits per heavy atom. The van der Waals surface area contributed by atoms with Crippen molar-refractivity contribution in [2.75, 3.05) is 18.0 Å². The van der Waals surface area contributed by atoms with Crippen LogP contribution in [0.1, 0.15) is 117 Å². The first kappa shape index (κ1) is 37.6. The molecule has 8 heteroatoms. The van der Waals surface area contributed by atoms with E-state index in [1.54, 1.807) is 17.4 Å². The number of fused-ring (bicyclic) bond motifs is 9. The minimum absolute atomic E-state index is 0.00939. The van der Waals surface area contributed by atoms with Gasteiger partial charge in [-0.2, -0.15) is 0 Å². The Morgan fingerprint density at radius 2 is 1.49 bits per heavy atom. The first-order valence-corrected chi connectivity index (χ1v) is 22.0. The lowest BCUT2D eigenvalue weighted by Gasteiger charge is -2.35. The zero-order chi connectivity index (χ0) is 40.4. The van der Waals surface area contributed by atoms with Gasteiger partial charge in [0.15, 0.2) is 11.6 Å². The molecule has 2 heterocycles. The van der Waals surface area contributed by atoms with Gasteiger partial charge in [-0.3, -0.25) is 20.2 Å². The second-order valence-corrected chi connectivity index (χ2v) is 17.6. The third-order valence-electron chi connectivity index (χ3n) is 13.1. The van der Waals surface area contributed by atoms with Gasteiger partial charge in [0.2, 0.25) is 0 Å². The number of ketones is 2. The molecule has 1 saturated carbocycles. The molecule has 7 nitrogen and oxygen atoms in total. The number of benzene rings is 5. The van der Waals surface area contributed by atoms with Gasteiger partial charge in [-0.1, -0.05) is 87.7 Å². The zero-order valence-corrected chi connectivity index (χ0v) is 34.3. The lowest BCUT2D eigenvalue weighted by atomic mass is 9.91. The number of unbranched alkanes of at least 4 members (excludes halogenated alkanes) is 2.